The van der Waals surface area contributed by atoms with Crippen LogP contribution >= 0.6 is 0 Å². The Hall–Kier alpha value is -2.04. The molecule has 0 atom stereocenters. The van der Waals surface area contributed by atoms with Crippen molar-refractivity contribution in [1.82, 2.24) is 5.32 Å². The standard InChI is InChI=1S/C15H22N2O3/c1-12(18)17(13-8-6-5-7-9-13)11-10-16-14(19)20-15(2,3)4/h5-9H,10-11H2,1-4H3,(H,16,19). The number of rotatable bonds is 4. The largest absolute Gasteiger partial charge is 0.444 e. The van der Waals surface area contributed by atoms with Crippen LogP contribution in [0, 0.1) is 0 Å². The highest BCUT2D eigenvalue weighted by Gasteiger charge is 2.16. The number of para-hydroxylation sites is 1. The zero-order valence-corrected chi connectivity index (χ0v) is 12.5. The number of anilines is 1. The predicted octanol–water partition coefficient (Wildman–Crippen LogP) is 2.56. The van der Waals surface area contributed by atoms with Crippen molar-refractivity contribution in [3.63, 3.8) is 0 Å². The molecule has 1 aromatic rings. The van der Waals surface area contributed by atoms with Crippen molar-refractivity contribution in [3.8, 4) is 0 Å². The quantitative estimate of drug-likeness (QED) is 0.921. The first-order valence-corrected chi connectivity index (χ1v) is 6.59. The van der Waals surface area contributed by atoms with E-state index in [0.29, 0.717) is 13.1 Å². The van der Waals surface area contributed by atoms with E-state index < -0.39 is 11.7 Å². The van der Waals surface area contributed by atoms with Crippen LogP contribution in [0.25, 0.3) is 0 Å². The van der Waals surface area contributed by atoms with Gasteiger partial charge in [0.15, 0.2) is 0 Å². The van der Waals surface area contributed by atoms with Crippen molar-refractivity contribution in [2.45, 2.75) is 33.3 Å². The number of nitrogens with zero attached hydrogens (tertiary/aromatic N) is 1. The number of carbonyl (C=O) groups excluding carboxylic acids is 2. The smallest absolute Gasteiger partial charge is 0.407 e. The monoisotopic (exact) mass is 278 g/mol. The summed E-state index contributed by atoms with van der Waals surface area (Å²) in [6.07, 6.45) is -0.478. The van der Waals surface area contributed by atoms with E-state index >= 15 is 0 Å². The fourth-order valence-corrected chi connectivity index (χ4v) is 1.66. The molecule has 0 aliphatic carbocycles. The average Bonchev–Trinajstić information content (AvgIpc) is 2.33. The van der Waals surface area contributed by atoms with E-state index in [-0.39, 0.29) is 5.91 Å². The number of ether oxygens (including phenoxy) is 1. The van der Waals surface area contributed by atoms with Crippen LogP contribution in [0.4, 0.5) is 10.5 Å². The van der Waals surface area contributed by atoms with Crippen LogP contribution < -0.4 is 10.2 Å². The Balaban J connectivity index is 2.49. The third-order valence-electron chi connectivity index (χ3n) is 2.45. The molecule has 5 nitrogen and oxygen atoms in total. The number of carbonyl (C=O) groups is 2. The van der Waals surface area contributed by atoms with E-state index in [1.807, 2.05) is 30.3 Å². The highest BCUT2D eigenvalue weighted by Crippen LogP contribution is 2.12. The molecule has 0 radical (unpaired) electrons. The first-order chi connectivity index (χ1) is 9.29. The summed E-state index contributed by atoms with van der Waals surface area (Å²) in [5, 5.41) is 2.64. The minimum absolute atomic E-state index is 0.0674. The fourth-order valence-electron chi connectivity index (χ4n) is 1.66. The molecule has 0 saturated carbocycles. The van der Waals surface area contributed by atoms with E-state index in [1.165, 1.54) is 6.92 Å². The van der Waals surface area contributed by atoms with Crippen molar-refractivity contribution < 1.29 is 14.3 Å². The van der Waals surface area contributed by atoms with Gasteiger partial charge in [-0.3, -0.25) is 4.79 Å². The lowest BCUT2D eigenvalue weighted by molar-refractivity contribution is -0.116. The molecule has 2 amide bonds. The van der Waals surface area contributed by atoms with Crippen molar-refractivity contribution >= 4 is 17.7 Å². The molecule has 0 spiro atoms. The molecule has 20 heavy (non-hydrogen) atoms. The van der Waals surface area contributed by atoms with Crippen LogP contribution in [0.3, 0.4) is 0 Å². The molecule has 0 fully saturated rings. The van der Waals surface area contributed by atoms with Crippen molar-refractivity contribution in [2.24, 2.45) is 0 Å². The van der Waals surface area contributed by atoms with Gasteiger partial charge in [0.25, 0.3) is 0 Å². The molecular formula is C15H22N2O3. The topological polar surface area (TPSA) is 58.6 Å². The first-order valence-electron chi connectivity index (χ1n) is 6.59. The first kappa shape index (κ1) is 16.0. The van der Waals surface area contributed by atoms with E-state index in [9.17, 15) is 9.59 Å². The number of hydrogen-bond donors (Lipinski definition) is 1. The third kappa shape index (κ3) is 5.73. The number of hydrogen-bond acceptors (Lipinski definition) is 3. The predicted molar refractivity (Wildman–Crippen MR) is 78.7 cm³/mol. The van der Waals surface area contributed by atoms with E-state index in [2.05, 4.69) is 5.32 Å². The van der Waals surface area contributed by atoms with Gasteiger partial charge in [-0.2, -0.15) is 0 Å². The molecule has 0 heterocycles. The number of nitrogens with one attached hydrogen (secondary N) is 1. The molecule has 1 aromatic carbocycles. The maximum Gasteiger partial charge on any atom is 0.407 e. The molecule has 1 N–H and O–H groups in total. The highest BCUT2D eigenvalue weighted by molar-refractivity contribution is 5.91. The summed E-state index contributed by atoms with van der Waals surface area (Å²) >= 11 is 0. The van der Waals surface area contributed by atoms with Gasteiger partial charge in [0, 0.05) is 25.7 Å². The maximum absolute atomic E-state index is 11.6. The highest BCUT2D eigenvalue weighted by atomic mass is 16.6. The normalized spacial score (nSPS) is 10.8. The molecule has 0 bridgehead atoms. The Kier molecular flexibility index (Phi) is 5.55. The molecule has 110 valence electrons. The van der Waals surface area contributed by atoms with Crippen LogP contribution in [0.1, 0.15) is 27.7 Å². The lowest BCUT2D eigenvalue weighted by Gasteiger charge is -2.23. The van der Waals surface area contributed by atoms with Gasteiger partial charge in [0.1, 0.15) is 5.60 Å². The van der Waals surface area contributed by atoms with Gasteiger partial charge in [-0.25, -0.2) is 4.79 Å². The lowest BCUT2D eigenvalue weighted by Crippen LogP contribution is -2.39. The molecule has 0 saturated heterocycles. The lowest BCUT2D eigenvalue weighted by atomic mass is 10.2. The Morgan fingerprint density at radius 2 is 1.80 bits per heavy atom. The summed E-state index contributed by atoms with van der Waals surface area (Å²) in [4.78, 5) is 24.7. The Bertz CT molecular complexity index is 452. The SMILES string of the molecule is CC(=O)N(CCNC(=O)OC(C)(C)C)c1ccccc1. The Labute approximate surface area is 119 Å². The summed E-state index contributed by atoms with van der Waals surface area (Å²) in [6, 6.07) is 9.34. The van der Waals surface area contributed by atoms with Gasteiger partial charge in [0.05, 0.1) is 0 Å². The van der Waals surface area contributed by atoms with Crippen LogP contribution in [0.2, 0.25) is 0 Å². The van der Waals surface area contributed by atoms with Gasteiger partial charge in [-0.05, 0) is 32.9 Å². The summed E-state index contributed by atoms with van der Waals surface area (Å²) in [5.74, 6) is -0.0674. The van der Waals surface area contributed by atoms with Crippen molar-refractivity contribution in [1.29, 1.82) is 0 Å². The third-order valence-corrected chi connectivity index (χ3v) is 2.45. The zero-order valence-electron chi connectivity index (χ0n) is 12.5. The van der Waals surface area contributed by atoms with Gasteiger partial charge < -0.3 is 15.0 Å². The summed E-state index contributed by atoms with van der Waals surface area (Å²) in [7, 11) is 0. The zero-order chi connectivity index (χ0) is 15.2. The molecule has 0 aliphatic rings. The molecule has 0 aromatic heterocycles. The van der Waals surface area contributed by atoms with Gasteiger partial charge in [-0.15, -0.1) is 0 Å². The van der Waals surface area contributed by atoms with Gasteiger partial charge in [0.2, 0.25) is 5.91 Å². The Morgan fingerprint density at radius 1 is 1.20 bits per heavy atom. The van der Waals surface area contributed by atoms with Crippen LogP contribution in [0.5, 0.6) is 0 Å². The Morgan fingerprint density at radius 3 is 2.30 bits per heavy atom. The van der Waals surface area contributed by atoms with Crippen molar-refractivity contribution in [2.75, 3.05) is 18.0 Å². The average molecular weight is 278 g/mol. The van der Waals surface area contributed by atoms with Gasteiger partial charge >= 0.3 is 6.09 Å². The van der Waals surface area contributed by atoms with E-state index in [4.69, 9.17) is 4.74 Å². The molecule has 5 heteroatoms. The van der Waals surface area contributed by atoms with Crippen LogP contribution in [-0.2, 0) is 9.53 Å². The molecular weight excluding hydrogens is 256 g/mol. The van der Waals surface area contributed by atoms with Crippen LogP contribution in [0.15, 0.2) is 30.3 Å². The summed E-state index contributed by atoms with van der Waals surface area (Å²) in [6.45, 7) is 7.65. The number of benzene rings is 1. The second-order valence-corrected chi connectivity index (χ2v) is 5.43. The summed E-state index contributed by atoms with van der Waals surface area (Å²) < 4.78 is 5.13. The minimum atomic E-state index is -0.524. The minimum Gasteiger partial charge on any atom is -0.444 e. The van der Waals surface area contributed by atoms with Crippen LogP contribution in [-0.4, -0.2) is 30.7 Å². The second kappa shape index (κ2) is 6.93. The maximum atomic E-state index is 11.6. The summed E-state index contributed by atoms with van der Waals surface area (Å²) in [5.41, 5.74) is 0.287. The molecule has 0 unspecified atom stereocenters. The van der Waals surface area contributed by atoms with E-state index in [1.54, 1.807) is 25.7 Å². The fraction of sp³-hybridized carbons (Fsp3) is 0.467. The number of amides is 2. The van der Waals surface area contributed by atoms with Gasteiger partial charge in [-0.1, -0.05) is 18.2 Å². The second-order valence-electron chi connectivity index (χ2n) is 5.43. The molecule has 1 rings (SSSR count). The van der Waals surface area contributed by atoms with Crippen molar-refractivity contribution in [3.05, 3.63) is 30.3 Å². The van der Waals surface area contributed by atoms with E-state index in [0.717, 1.165) is 5.69 Å². The molecule has 0 aliphatic heterocycles. The number of alkyl carbamates (subject to hydrolysis) is 1.